The molecule has 0 unspecified atom stereocenters. The molecule has 2 rings (SSSR count). The molecule has 0 aromatic carbocycles. The van der Waals surface area contributed by atoms with Crippen molar-refractivity contribution >= 4 is 17.8 Å². The number of carboxylic acids is 1. The zero-order chi connectivity index (χ0) is 16.3. The second kappa shape index (κ2) is 6.21. The van der Waals surface area contributed by atoms with Crippen LogP contribution in [0.15, 0.2) is 16.5 Å². The van der Waals surface area contributed by atoms with Crippen molar-refractivity contribution in [2.75, 3.05) is 20.6 Å². The first kappa shape index (κ1) is 16.1. The van der Waals surface area contributed by atoms with Crippen molar-refractivity contribution in [1.82, 2.24) is 10.2 Å². The molecule has 1 saturated carbocycles. The molecule has 1 aliphatic rings. The zero-order valence-electron chi connectivity index (χ0n) is 12.7. The molecule has 2 N–H and O–H groups in total. The quantitative estimate of drug-likeness (QED) is 0.855. The van der Waals surface area contributed by atoms with Gasteiger partial charge in [0.05, 0.1) is 5.41 Å². The monoisotopic (exact) mass is 308 g/mol. The van der Waals surface area contributed by atoms with Gasteiger partial charge in [0.2, 0.25) is 11.7 Å². The minimum absolute atomic E-state index is 0.0102. The normalized spacial score (nSPS) is 16.3. The maximum Gasteiger partial charge on any atom is 0.371 e. The van der Waals surface area contributed by atoms with E-state index in [2.05, 4.69) is 5.32 Å². The van der Waals surface area contributed by atoms with Crippen molar-refractivity contribution in [3.63, 3.8) is 0 Å². The van der Waals surface area contributed by atoms with E-state index in [1.807, 2.05) is 0 Å². The second-order valence-corrected chi connectivity index (χ2v) is 5.84. The third-order valence-corrected chi connectivity index (χ3v) is 4.05. The van der Waals surface area contributed by atoms with Crippen molar-refractivity contribution in [3.8, 4) is 0 Å². The molecule has 1 aromatic heterocycles. The SMILES string of the molecule is CN(C)C(=O)C1(CNC(=O)c2ccc(C(=O)O)o2)CCCC1. The molecule has 2 amide bonds. The summed E-state index contributed by atoms with van der Waals surface area (Å²) in [6.07, 6.45) is 3.39. The van der Waals surface area contributed by atoms with Gasteiger partial charge < -0.3 is 19.7 Å². The Morgan fingerprint density at radius 2 is 1.82 bits per heavy atom. The minimum atomic E-state index is -1.23. The number of nitrogens with one attached hydrogen (secondary N) is 1. The number of rotatable bonds is 5. The Hall–Kier alpha value is -2.31. The molecule has 0 radical (unpaired) electrons. The van der Waals surface area contributed by atoms with E-state index < -0.39 is 17.3 Å². The van der Waals surface area contributed by atoms with E-state index in [0.717, 1.165) is 25.7 Å². The summed E-state index contributed by atoms with van der Waals surface area (Å²) in [5, 5.41) is 11.5. The fraction of sp³-hybridized carbons (Fsp3) is 0.533. The van der Waals surface area contributed by atoms with Crippen molar-refractivity contribution in [1.29, 1.82) is 0 Å². The molecule has 0 atom stereocenters. The summed E-state index contributed by atoms with van der Waals surface area (Å²) in [7, 11) is 3.41. The first-order valence-electron chi connectivity index (χ1n) is 7.19. The number of carbonyl (C=O) groups is 3. The highest BCUT2D eigenvalue weighted by atomic mass is 16.4. The molecule has 7 heteroatoms. The minimum Gasteiger partial charge on any atom is -0.475 e. The molecular weight excluding hydrogens is 288 g/mol. The predicted molar refractivity (Wildman–Crippen MR) is 77.6 cm³/mol. The van der Waals surface area contributed by atoms with Crippen molar-refractivity contribution in [2.45, 2.75) is 25.7 Å². The number of nitrogens with zero attached hydrogens (tertiary/aromatic N) is 1. The zero-order valence-corrected chi connectivity index (χ0v) is 12.7. The van der Waals surface area contributed by atoms with Crippen LogP contribution in [0.4, 0.5) is 0 Å². The lowest BCUT2D eigenvalue weighted by Crippen LogP contribution is -2.46. The summed E-state index contributed by atoms with van der Waals surface area (Å²) in [6, 6.07) is 2.54. The van der Waals surface area contributed by atoms with E-state index in [0.29, 0.717) is 0 Å². The lowest BCUT2D eigenvalue weighted by Gasteiger charge is -2.30. The highest BCUT2D eigenvalue weighted by molar-refractivity contribution is 5.94. The Bertz CT molecular complexity index is 585. The number of hydrogen-bond donors (Lipinski definition) is 2. The highest BCUT2D eigenvalue weighted by Crippen LogP contribution is 2.38. The van der Waals surface area contributed by atoms with Crippen LogP contribution in [0.25, 0.3) is 0 Å². The molecule has 1 aromatic rings. The predicted octanol–water partition coefficient (Wildman–Crippen LogP) is 1.36. The molecule has 1 aliphatic carbocycles. The summed E-state index contributed by atoms with van der Waals surface area (Å²) >= 11 is 0. The van der Waals surface area contributed by atoms with E-state index in [4.69, 9.17) is 9.52 Å². The largest absolute Gasteiger partial charge is 0.475 e. The lowest BCUT2D eigenvalue weighted by molar-refractivity contribution is -0.138. The second-order valence-electron chi connectivity index (χ2n) is 5.84. The van der Waals surface area contributed by atoms with E-state index >= 15 is 0 Å². The topological polar surface area (TPSA) is 99.9 Å². The van der Waals surface area contributed by atoms with Gasteiger partial charge in [-0.15, -0.1) is 0 Å². The van der Waals surface area contributed by atoms with Crippen LogP contribution in [0.5, 0.6) is 0 Å². The maximum atomic E-state index is 12.4. The Kier molecular flexibility index (Phi) is 4.54. The first-order chi connectivity index (χ1) is 10.4. The maximum absolute atomic E-state index is 12.4. The van der Waals surface area contributed by atoms with Crippen LogP contribution in [-0.4, -0.2) is 48.4 Å². The van der Waals surface area contributed by atoms with Crippen LogP contribution < -0.4 is 5.32 Å². The summed E-state index contributed by atoms with van der Waals surface area (Å²) in [5.41, 5.74) is -0.568. The molecule has 0 bridgehead atoms. The van der Waals surface area contributed by atoms with Gasteiger partial charge in [-0.3, -0.25) is 9.59 Å². The van der Waals surface area contributed by atoms with E-state index in [1.54, 1.807) is 19.0 Å². The van der Waals surface area contributed by atoms with Gasteiger partial charge in [0, 0.05) is 20.6 Å². The van der Waals surface area contributed by atoms with Gasteiger partial charge in [0.25, 0.3) is 5.91 Å². The van der Waals surface area contributed by atoms with Gasteiger partial charge in [-0.05, 0) is 25.0 Å². The molecule has 0 spiro atoms. The Balaban J connectivity index is 2.04. The van der Waals surface area contributed by atoms with Crippen LogP contribution >= 0.6 is 0 Å². The molecule has 22 heavy (non-hydrogen) atoms. The third-order valence-electron chi connectivity index (χ3n) is 4.05. The summed E-state index contributed by atoms with van der Waals surface area (Å²) in [4.78, 5) is 36.7. The van der Waals surface area contributed by atoms with Crippen LogP contribution in [0, 0.1) is 5.41 Å². The number of furan rings is 1. The number of aromatic carboxylic acids is 1. The van der Waals surface area contributed by atoms with E-state index in [1.165, 1.54) is 12.1 Å². The average molecular weight is 308 g/mol. The summed E-state index contributed by atoms with van der Waals surface area (Å²) < 4.78 is 4.96. The lowest BCUT2D eigenvalue weighted by atomic mass is 9.84. The highest BCUT2D eigenvalue weighted by Gasteiger charge is 2.42. The van der Waals surface area contributed by atoms with Crippen molar-refractivity contribution in [3.05, 3.63) is 23.7 Å². The number of carboxylic acid groups (broad SMARTS) is 1. The molecule has 1 fully saturated rings. The number of carbonyl (C=O) groups excluding carboxylic acids is 2. The molecular formula is C15H20N2O5. The van der Waals surface area contributed by atoms with Gasteiger partial charge in [0.1, 0.15) is 0 Å². The summed E-state index contributed by atoms with van der Waals surface area (Å²) in [5.74, 6) is -2.08. The van der Waals surface area contributed by atoms with Crippen molar-refractivity contribution < 1.29 is 23.9 Å². The molecule has 120 valence electrons. The van der Waals surface area contributed by atoms with Crippen LogP contribution in [0.1, 0.15) is 46.8 Å². The van der Waals surface area contributed by atoms with Gasteiger partial charge in [-0.1, -0.05) is 12.8 Å². The number of amides is 2. The third kappa shape index (κ3) is 3.13. The van der Waals surface area contributed by atoms with E-state index in [9.17, 15) is 14.4 Å². The van der Waals surface area contributed by atoms with E-state index in [-0.39, 0.29) is 24.0 Å². The average Bonchev–Trinajstić information content (AvgIpc) is 3.13. The first-order valence-corrected chi connectivity index (χ1v) is 7.19. The smallest absolute Gasteiger partial charge is 0.371 e. The van der Waals surface area contributed by atoms with Gasteiger partial charge >= 0.3 is 5.97 Å². The van der Waals surface area contributed by atoms with Gasteiger partial charge in [-0.25, -0.2) is 4.79 Å². The molecule has 7 nitrogen and oxygen atoms in total. The fourth-order valence-electron chi connectivity index (χ4n) is 2.90. The fourth-order valence-corrected chi connectivity index (χ4v) is 2.90. The Labute approximate surface area is 128 Å². The standard InChI is InChI=1S/C15H20N2O5/c1-17(2)14(21)15(7-3-4-8-15)9-16-12(18)10-5-6-11(22-10)13(19)20/h5-6H,3-4,7-9H2,1-2H3,(H,16,18)(H,19,20). The molecule has 0 aliphatic heterocycles. The summed E-state index contributed by atoms with van der Waals surface area (Å²) in [6.45, 7) is 0.228. The Morgan fingerprint density at radius 1 is 1.23 bits per heavy atom. The molecule has 0 saturated heterocycles. The van der Waals surface area contributed by atoms with Crippen LogP contribution in [0.3, 0.4) is 0 Å². The Morgan fingerprint density at radius 3 is 2.32 bits per heavy atom. The number of hydrogen-bond acceptors (Lipinski definition) is 4. The molecule has 1 heterocycles. The van der Waals surface area contributed by atoms with Crippen LogP contribution in [-0.2, 0) is 4.79 Å². The van der Waals surface area contributed by atoms with Crippen molar-refractivity contribution in [2.24, 2.45) is 5.41 Å². The van der Waals surface area contributed by atoms with Gasteiger partial charge in [-0.2, -0.15) is 0 Å². The van der Waals surface area contributed by atoms with Crippen LogP contribution in [0.2, 0.25) is 0 Å². The van der Waals surface area contributed by atoms with Gasteiger partial charge in [0.15, 0.2) is 5.76 Å².